The molecule has 2 aromatic heterocycles. The predicted octanol–water partition coefficient (Wildman–Crippen LogP) is 4.22. The number of aryl methyl sites for hydroxylation is 1. The van der Waals surface area contributed by atoms with E-state index in [0.29, 0.717) is 11.6 Å². The molecule has 0 amide bonds. The van der Waals surface area contributed by atoms with Crippen LogP contribution in [0.2, 0.25) is 0 Å². The third kappa shape index (κ3) is 4.55. The fourth-order valence-corrected chi connectivity index (χ4v) is 3.40. The minimum Gasteiger partial charge on any atom is -0.497 e. The number of ether oxygens (including phenoxy) is 3. The molecule has 0 fully saturated rings. The Hall–Kier alpha value is -3.91. The number of imidazole rings is 1. The SMILES string of the molecule is COc1ccc(C(OC)c2nc(C=Cc3ccc(-n4cnc(C)c4)c(OC)c3)n[nH]2)cc1. The molecule has 0 saturated heterocycles. The third-order valence-electron chi connectivity index (χ3n) is 5.04. The summed E-state index contributed by atoms with van der Waals surface area (Å²) in [6.45, 7) is 1.95. The second-order valence-electron chi connectivity index (χ2n) is 7.15. The molecule has 0 aliphatic rings. The first-order valence-electron chi connectivity index (χ1n) is 10.1. The number of benzene rings is 2. The van der Waals surface area contributed by atoms with Gasteiger partial charge >= 0.3 is 0 Å². The smallest absolute Gasteiger partial charge is 0.174 e. The van der Waals surface area contributed by atoms with Crippen molar-refractivity contribution in [3.63, 3.8) is 0 Å². The van der Waals surface area contributed by atoms with Gasteiger partial charge in [-0.15, -0.1) is 0 Å². The number of methoxy groups -OCH3 is 3. The van der Waals surface area contributed by atoms with Gasteiger partial charge in [0.2, 0.25) is 0 Å². The lowest BCUT2D eigenvalue weighted by Gasteiger charge is -2.13. The highest BCUT2D eigenvalue weighted by Crippen LogP contribution is 2.26. The van der Waals surface area contributed by atoms with Crippen LogP contribution in [0.5, 0.6) is 11.5 Å². The van der Waals surface area contributed by atoms with E-state index in [4.69, 9.17) is 14.2 Å². The summed E-state index contributed by atoms with van der Waals surface area (Å²) in [7, 11) is 4.93. The number of rotatable bonds is 8. The molecule has 1 unspecified atom stereocenters. The van der Waals surface area contributed by atoms with E-state index in [2.05, 4.69) is 20.2 Å². The van der Waals surface area contributed by atoms with Crippen molar-refractivity contribution >= 4 is 12.2 Å². The van der Waals surface area contributed by atoms with Crippen LogP contribution < -0.4 is 9.47 Å². The van der Waals surface area contributed by atoms with Gasteiger partial charge in [0.1, 0.15) is 17.6 Å². The van der Waals surface area contributed by atoms with Crippen LogP contribution in [0.15, 0.2) is 55.0 Å². The number of aromatic amines is 1. The largest absolute Gasteiger partial charge is 0.497 e. The topological polar surface area (TPSA) is 87.1 Å². The highest BCUT2D eigenvalue weighted by atomic mass is 16.5. The summed E-state index contributed by atoms with van der Waals surface area (Å²) in [4.78, 5) is 8.85. The van der Waals surface area contributed by atoms with Crippen LogP contribution in [-0.4, -0.2) is 46.1 Å². The van der Waals surface area contributed by atoms with Gasteiger partial charge in [0.25, 0.3) is 0 Å². The first kappa shape index (κ1) is 21.3. The number of H-pyrrole nitrogens is 1. The lowest BCUT2D eigenvalue weighted by molar-refractivity contribution is 0.129. The lowest BCUT2D eigenvalue weighted by Crippen LogP contribution is -2.05. The standard InChI is InChI=1S/C24H25N5O3/c1-16-14-29(15-25-16)20-11-5-17(13-21(20)31-3)6-12-22-26-24(28-27-22)23(32-4)18-7-9-19(30-2)10-8-18/h5-15,23H,1-4H3,(H,26,27,28). The minimum absolute atomic E-state index is 0.353. The van der Waals surface area contributed by atoms with Gasteiger partial charge in [0, 0.05) is 13.3 Å². The van der Waals surface area contributed by atoms with Crippen LogP contribution in [0.1, 0.15) is 34.6 Å². The average Bonchev–Trinajstić information content (AvgIpc) is 3.47. The summed E-state index contributed by atoms with van der Waals surface area (Å²) < 4.78 is 18.4. The van der Waals surface area contributed by atoms with E-state index in [0.717, 1.165) is 34.0 Å². The Kier molecular flexibility index (Phi) is 6.32. The van der Waals surface area contributed by atoms with E-state index in [9.17, 15) is 0 Å². The Morgan fingerprint density at radius 1 is 1.00 bits per heavy atom. The number of hydrogen-bond acceptors (Lipinski definition) is 6. The number of nitrogens with zero attached hydrogens (tertiary/aromatic N) is 4. The van der Waals surface area contributed by atoms with E-state index < -0.39 is 0 Å². The van der Waals surface area contributed by atoms with Gasteiger partial charge in [0.05, 0.1) is 31.9 Å². The van der Waals surface area contributed by atoms with Crippen LogP contribution in [0.4, 0.5) is 0 Å². The minimum atomic E-state index is -0.353. The lowest BCUT2D eigenvalue weighted by atomic mass is 10.1. The van der Waals surface area contributed by atoms with Gasteiger partial charge in [-0.2, -0.15) is 5.10 Å². The maximum Gasteiger partial charge on any atom is 0.174 e. The second-order valence-corrected chi connectivity index (χ2v) is 7.15. The van der Waals surface area contributed by atoms with Crippen molar-refractivity contribution in [3.8, 4) is 17.2 Å². The molecule has 32 heavy (non-hydrogen) atoms. The number of aromatic nitrogens is 5. The third-order valence-corrected chi connectivity index (χ3v) is 5.04. The zero-order chi connectivity index (χ0) is 22.5. The monoisotopic (exact) mass is 431 g/mol. The summed E-state index contributed by atoms with van der Waals surface area (Å²) in [5.41, 5.74) is 3.79. The number of nitrogens with one attached hydrogen (secondary N) is 1. The van der Waals surface area contributed by atoms with Crippen molar-refractivity contribution in [3.05, 3.63) is 83.5 Å². The predicted molar refractivity (Wildman–Crippen MR) is 122 cm³/mol. The maximum atomic E-state index is 5.64. The zero-order valence-electron chi connectivity index (χ0n) is 18.4. The fourth-order valence-electron chi connectivity index (χ4n) is 3.40. The molecule has 0 saturated carbocycles. The molecule has 0 spiro atoms. The molecule has 2 heterocycles. The molecule has 8 nitrogen and oxygen atoms in total. The summed E-state index contributed by atoms with van der Waals surface area (Å²) in [6.07, 6.45) is 7.16. The first-order valence-corrected chi connectivity index (χ1v) is 10.1. The van der Waals surface area contributed by atoms with Crippen LogP contribution in [0, 0.1) is 6.92 Å². The van der Waals surface area contributed by atoms with E-state index in [-0.39, 0.29) is 6.10 Å². The molecule has 4 rings (SSSR count). The van der Waals surface area contributed by atoms with Crippen molar-refractivity contribution in [2.24, 2.45) is 0 Å². The zero-order valence-corrected chi connectivity index (χ0v) is 18.4. The van der Waals surface area contributed by atoms with E-state index >= 15 is 0 Å². The Morgan fingerprint density at radius 3 is 2.47 bits per heavy atom. The van der Waals surface area contributed by atoms with Gasteiger partial charge < -0.3 is 18.8 Å². The Bertz CT molecular complexity index is 1210. The van der Waals surface area contributed by atoms with E-state index in [1.807, 2.05) is 72.3 Å². The number of hydrogen-bond donors (Lipinski definition) is 1. The summed E-state index contributed by atoms with van der Waals surface area (Å²) in [6, 6.07) is 13.6. The van der Waals surface area contributed by atoms with Gasteiger partial charge in [-0.3, -0.25) is 5.10 Å². The van der Waals surface area contributed by atoms with Gasteiger partial charge in [0.15, 0.2) is 11.6 Å². The Balaban J connectivity index is 1.53. The highest BCUT2D eigenvalue weighted by Gasteiger charge is 2.17. The van der Waals surface area contributed by atoms with E-state index in [1.165, 1.54) is 0 Å². The summed E-state index contributed by atoms with van der Waals surface area (Å²) >= 11 is 0. The van der Waals surface area contributed by atoms with E-state index in [1.54, 1.807) is 27.7 Å². The molecule has 0 bridgehead atoms. The van der Waals surface area contributed by atoms with Gasteiger partial charge in [-0.1, -0.05) is 24.3 Å². The molecule has 4 aromatic rings. The molecule has 0 radical (unpaired) electrons. The van der Waals surface area contributed by atoms with Crippen LogP contribution >= 0.6 is 0 Å². The molecular formula is C24H25N5O3. The van der Waals surface area contributed by atoms with Crippen molar-refractivity contribution in [2.45, 2.75) is 13.0 Å². The van der Waals surface area contributed by atoms with Crippen molar-refractivity contribution in [1.29, 1.82) is 0 Å². The van der Waals surface area contributed by atoms with Crippen molar-refractivity contribution in [1.82, 2.24) is 24.7 Å². The highest BCUT2D eigenvalue weighted by molar-refractivity contribution is 5.69. The Morgan fingerprint density at radius 2 is 1.81 bits per heavy atom. The molecule has 1 atom stereocenters. The summed E-state index contributed by atoms with van der Waals surface area (Å²) in [5.74, 6) is 2.72. The van der Waals surface area contributed by atoms with Crippen molar-refractivity contribution < 1.29 is 14.2 Å². The van der Waals surface area contributed by atoms with Crippen LogP contribution in [0.3, 0.4) is 0 Å². The molecule has 0 aliphatic heterocycles. The average molecular weight is 431 g/mol. The first-order chi connectivity index (χ1) is 15.6. The normalized spacial score (nSPS) is 12.2. The van der Waals surface area contributed by atoms with Crippen molar-refractivity contribution in [2.75, 3.05) is 21.3 Å². The molecular weight excluding hydrogens is 406 g/mol. The molecule has 0 aliphatic carbocycles. The van der Waals surface area contributed by atoms with Gasteiger partial charge in [-0.25, -0.2) is 9.97 Å². The van der Waals surface area contributed by atoms with Crippen LogP contribution in [-0.2, 0) is 4.74 Å². The van der Waals surface area contributed by atoms with Gasteiger partial charge in [-0.05, 0) is 48.4 Å². The second kappa shape index (κ2) is 9.49. The Labute approximate surface area is 186 Å². The molecule has 164 valence electrons. The molecule has 2 aromatic carbocycles. The fraction of sp³-hybridized carbons (Fsp3) is 0.208. The maximum absolute atomic E-state index is 5.64. The quantitative estimate of drug-likeness (QED) is 0.449. The molecule has 8 heteroatoms. The molecule has 1 N–H and O–H groups in total. The summed E-state index contributed by atoms with van der Waals surface area (Å²) in [5, 5.41) is 7.27. The van der Waals surface area contributed by atoms with Crippen LogP contribution in [0.25, 0.3) is 17.8 Å².